The highest BCUT2D eigenvalue weighted by Crippen LogP contribution is 2.27. The van der Waals surface area contributed by atoms with E-state index < -0.39 is 5.82 Å². The molecule has 0 bridgehead atoms. The number of halogens is 1. The minimum atomic E-state index is -0.468. The fraction of sp³-hybridized carbons (Fsp3) is 0.348. The highest BCUT2D eigenvalue weighted by molar-refractivity contribution is 5.91. The number of anilines is 1. The number of benzene rings is 2. The number of aryl methyl sites for hydroxylation is 2. The molecule has 0 saturated heterocycles. The first kappa shape index (κ1) is 20.1. The second-order valence-corrected chi connectivity index (χ2v) is 7.50. The van der Waals surface area contributed by atoms with Gasteiger partial charge < -0.3 is 14.6 Å². The average Bonchev–Trinajstić information content (AvgIpc) is 3.02. The third-order valence-electron chi connectivity index (χ3n) is 5.38. The number of aromatic nitrogens is 3. The molecule has 30 heavy (non-hydrogen) atoms. The number of carbonyl (C=O) groups excluding carboxylic acids is 1. The van der Waals surface area contributed by atoms with Gasteiger partial charge in [-0.15, -0.1) is 10.2 Å². The molecule has 0 aliphatic carbocycles. The van der Waals surface area contributed by atoms with E-state index in [1.54, 1.807) is 19.2 Å². The van der Waals surface area contributed by atoms with Crippen molar-refractivity contribution in [1.82, 2.24) is 14.8 Å². The first-order valence-electron chi connectivity index (χ1n) is 10.3. The van der Waals surface area contributed by atoms with Gasteiger partial charge in [-0.2, -0.15) is 0 Å². The molecule has 2 heterocycles. The van der Waals surface area contributed by atoms with E-state index in [0.717, 1.165) is 54.3 Å². The van der Waals surface area contributed by atoms with Gasteiger partial charge in [0.15, 0.2) is 5.82 Å². The molecule has 2 aromatic carbocycles. The molecule has 1 aromatic heterocycles. The van der Waals surface area contributed by atoms with E-state index in [-0.39, 0.29) is 18.0 Å². The molecule has 0 spiro atoms. The maximum atomic E-state index is 14.4. The molecule has 156 valence electrons. The van der Waals surface area contributed by atoms with Gasteiger partial charge in [-0.05, 0) is 55.2 Å². The van der Waals surface area contributed by atoms with E-state index in [1.807, 2.05) is 24.3 Å². The summed E-state index contributed by atoms with van der Waals surface area (Å²) < 4.78 is 21.7. The van der Waals surface area contributed by atoms with E-state index >= 15 is 0 Å². The number of rotatable bonds is 6. The van der Waals surface area contributed by atoms with E-state index in [0.29, 0.717) is 6.42 Å². The van der Waals surface area contributed by atoms with Crippen LogP contribution in [-0.2, 0) is 24.2 Å². The summed E-state index contributed by atoms with van der Waals surface area (Å²) in [5.41, 5.74) is 1.90. The molecule has 0 unspecified atom stereocenters. The van der Waals surface area contributed by atoms with Crippen LogP contribution in [-0.4, -0.2) is 27.8 Å². The first-order chi connectivity index (χ1) is 14.6. The van der Waals surface area contributed by atoms with E-state index in [9.17, 15) is 9.18 Å². The van der Waals surface area contributed by atoms with Crippen molar-refractivity contribution in [3.63, 3.8) is 0 Å². The van der Waals surface area contributed by atoms with E-state index in [1.165, 1.54) is 12.5 Å². The number of hydrogen-bond donors (Lipinski definition) is 1. The maximum Gasteiger partial charge on any atom is 0.224 e. The summed E-state index contributed by atoms with van der Waals surface area (Å²) in [5, 5.41) is 11.3. The van der Waals surface area contributed by atoms with Gasteiger partial charge in [0.05, 0.1) is 12.8 Å². The van der Waals surface area contributed by atoms with E-state index in [4.69, 9.17) is 4.74 Å². The Kier molecular flexibility index (Phi) is 6.07. The molecule has 0 saturated carbocycles. The predicted octanol–water partition coefficient (Wildman–Crippen LogP) is 4.39. The van der Waals surface area contributed by atoms with Crippen LogP contribution >= 0.6 is 0 Å². The maximum absolute atomic E-state index is 14.4. The predicted molar refractivity (Wildman–Crippen MR) is 113 cm³/mol. The lowest BCUT2D eigenvalue weighted by atomic mass is 10.1. The van der Waals surface area contributed by atoms with Crippen LogP contribution in [0, 0.1) is 5.82 Å². The lowest BCUT2D eigenvalue weighted by Crippen LogP contribution is -2.13. The van der Waals surface area contributed by atoms with Gasteiger partial charge in [0.1, 0.15) is 17.4 Å². The van der Waals surface area contributed by atoms with Crippen LogP contribution in [0.25, 0.3) is 11.4 Å². The zero-order chi connectivity index (χ0) is 20.9. The van der Waals surface area contributed by atoms with Crippen LogP contribution in [0.1, 0.15) is 37.1 Å². The van der Waals surface area contributed by atoms with Gasteiger partial charge >= 0.3 is 0 Å². The third kappa shape index (κ3) is 4.50. The van der Waals surface area contributed by atoms with Crippen LogP contribution in [0.3, 0.4) is 0 Å². The van der Waals surface area contributed by atoms with Crippen molar-refractivity contribution < 1.29 is 13.9 Å². The minimum absolute atomic E-state index is 0.161. The fourth-order valence-corrected chi connectivity index (χ4v) is 3.76. The van der Waals surface area contributed by atoms with Gasteiger partial charge in [0, 0.05) is 24.9 Å². The monoisotopic (exact) mass is 408 g/mol. The summed E-state index contributed by atoms with van der Waals surface area (Å²) >= 11 is 0. The van der Waals surface area contributed by atoms with Crippen molar-refractivity contribution in [2.45, 2.75) is 45.1 Å². The number of hydrogen-bond acceptors (Lipinski definition) is 4. The molecule has 3 aromatic rings. The number of methoxy groups -OCH3 is 1. The number of amides is 1. The van der Waals surface area contributed by atoms with Crippen molar-refractivity contribution in [2.75, 3.05) is 12.4 Å². The third-order valence-corrected chi connectivity index (χ3v) is 5.38. The first-order valence-corrected chi connectivity index (χ1v) is 10.3. The molecule has 6 nitrogen and oxygen atoms in total. The van der Waals surface area contributed by atoms with Crippen LogP contribution in [0.5, 0.6) is 5.75 Å². The van der Waals surface area contributed by atoms with Gasteiger partial charge in [-0.1, -0.05) is 18.6 Å². The summed E-state index contributed by atoms with van der Waals surface area (Å²) in [6, 6.07) is 12.3. The van der Waals surface area contributed by atoms with Crippen LogP contribution in [0.15, 0.2) is 42.5 Å². The standard InChI is InChI=1S/C23H25FN4O2/c1-30-18-7-5-6-16(14-18)9-12-22(29)25-20-15-17(10-11-19(20)24)23-27-26-21-8-3-2-4-13-28(21)23/h5-7,10-11,14-15H,2-4,8-9,12-13H2,1H3,(H,25,29). The summed E-state index contributed by atoms with van der Waals surface area (Å²) in [6.45, 7) is 0.858. The quantitative estimate of drug-likeness (QED) is 0.657. The lowest BCUT2D eigenvalue weighted by Gasteiger charge is -2.11. The Hall–Kier alpha value is -3.22. The molecule has 0 atom stereocenters. The highest BCUT2D eigenvalue weighted by atomic mass is 19.1. The molecule has 1 N–H and O–H groups in total. The Balaban J connectivity index is 1.47. The van der Waals surface area contributed by atoms with Gasteiger partial charge in [0.2, 0.25) is 5.91 Å². The van der Waals surface area contributed by atoms with Crippen molar-refractivity contribution in [3.8, 4) is 17.1 Å². The summed E-state index contributed by atoms with van der Waals surface area (Å²) in [5.74, 6) is 1.73. The summed E-state index contributed by atoms with van der Waals surface area (Å²) in [7, 11) is 1.61. The van der Waals surface area contributed by atoms with Crippen LogP contribution in [0.2, 0.25) is 0 Å². The molecule has 7 heteroatoms. The van der Waals surface area contributed by atoms with Crippen LogP contribution < -0.4 is 10.1 Å². The van der Waals surface area contributed by atoms with Crippen LogP contribution in [0.4, 0.5) is 10.1 Å². The number of nitrogens with one attached hydrogen (secondary N) is 1. The summed E-state index contributed by atoms with van der Waals surface area (Å²) in [6.07, 6.45) is 5.05. The smallest absolute Gasteiger partial charge is 0.224 e. The minimum Gasteiger partial charge on any atom is -0.497 e. The lowest BCUT2D eigenvalue weighted by molar-refractivity contribution is -0.116. The molecule has 1 amide bonds. The fourth-order valence-electron chi connectivity index (χ4n) is 3.76. The van der Waals surface area contributed by atoms with Crippen molar-refractivity contribution in [1.29, 1.82) is 0 Å². The summed E-state index contributed by atoms with van der Waals surface area (Å²) in [4.78, 5) is 12.4. The van der Waals surface area contributed by atoms with Gasteiger partial charge in [-0.3, -0.25) is 4.79 Å². The Bertz CT molecular complexity index is 1050. The van der Waals surface area contributed by atoms with Crippen molar-refractivity contribution in [2.24, 2.45) is 0 Å². The average molecular weight is 408 g/mol. The molecule has 4 rings (SSSR count). The topological polar surface area (TPSA) is 69.0 Å². The van der Waals surface area contributed by atoms with Crippen molar-refractivity contribution >= 4 is 11.6 Å². The largest absolute Gasteiger partial charge is 0.497 e. The number of ether oxygens (including phenoxy) is 1. The van der Waals surface area contributed by atoms with Crippen molar-refractivity contribution in [3.05, 3.63) is 59.7 Å². The molecule has 0 radical (unpaired) electrons. The zero-order valence-corrected chi connectivity index (χ0v) is 17.0. The Morgan fingerprint density at radius 1 is 1.17 bits per heavy atom. The molecule has 0 fully saturated rings. The SMILES string of the molecule is COc1cccc(CCC(=O)Nc2cc(-c3nnc4n3CCCCC4)ccc2F)c1. The number of nitrogens with zero attached hydrogens (tertiary/aromatic N) is 3. The molecular formula is C23H25FN4O2. The number of fused-ring (bicyclic) bond motifs is 1. The Labute approximate surface area is 175 Å². The highest BCUT2D eigenvalue weighted by Gasteiger charge is 2.17. The Morgan fingerprint density at radius 3 is 2.93 bits per heavy atom. The molecule has 1 aliphatic heterocycles. The normalized spacial score (nSPS) is 13.4. The second-order valence-electron chi connectivity index (χ2n) is 7.50. The Morgan fingerprint density at radius 2 is 2.07 bits per heavy atom. The van der Waals surface area contributed by atoms with E-state index in [2.05, 4.69) is 20.1 Å². The molecule has 1 aliphatic rings. The van der Waals surface area contributed by atoms with Gasteiger partial charge in [0.25, 0.3) is 0 Å². The molecular weight excluding hydrogens is 383 g/mol. The number of carbonyl (C=O) groups is 1. The second kappa shape index (κ2) is 9.07. The van der Waals surface area contributed by atoms with Gasteiger partial charge in [-0.25, -0.2) is 4.39 Å². The zero-order valence-electron chi connectivity index (χ0n) is 17.0.